The number of carbonyl (C=O) groups is 1. The van der Waals surface area contributed by atoms with Crippen molar-refractivity contribution in [3.8, 4) is 0 Å². The van der Waals surface area contributed by atoms with Crippen LogP contribution < -0.4 is 0 Å². The van der Waals surface area contributed by atoms with Gasteiger partial charge in [-0.3, -0.25) is 4.79 Å². The van der Waals surface area contributed by atoms with Gasteiger partial charge in [-0.1, -0.05) is 11.6 Å². The van der Waals surface area contributed by atoms with E-state index in [0.717, 1.165) is 4.90 Å². The monoisotopic (exact) mass is 257 g/mol. The Morgan fingerprint density at radius 1 is 1.56 bits per heavy atom. The van der Waals surface area contributed by atoms with E-state index in [1.165, 1.54) is 0 Å². The van der Waals surface area contributed by atoms with Gasteiger partial charge in [-0.25, -0.2) is 0 Å². The van der Waals surface area contributed by atoms with Gasteiger partial charge in [0.15, 0.2) is 0 Å². The highest BCUT2D eigenvalue weighted by Crippen LogP contribution is 2.25. The van der Waals surface area contributed by atoms with Crippen LogP contribution in [0.25, 0.3) is 0 Å². The van der Waals surface area contributed by atoms with Gasteiger partial charge in [0.2, 0.25) is 0 Å². The number of likely N-dealkylation sites (tertiary alicyclic amines) is 1. The zero-order valence-electron chi connectivity index (χ0n) is 8.81. The van der Waals surface area contributed by atoms with Gasteiger partial charge >= 0.3 is 0 Å². The molecule has 1 aliphatic heterocycles. The maximum Gasteiger partial charge on any atom is 0.255 e. The molecule has 0 unspecified atom stereocenters. The van der Waals surface area contributed by atoms with Crippen molar-refractivity contribution >= 4 is 29.3 Å². The van der Waals surface area contributed by atoms with Crippen molar-refractivity contribution in [1.29, 1.82) is 0 Å². The first kappa shape index (κ1) is 11.8. The normalized spacial score (nSPS) is 16.1. The summed E-state index contributed by atoms with van der Waals surface area (Å²) in [4.78, 5) is 14.6. The number of nitrogens with zero attached hydrogens (tertiary/aromatic N) is 1. The third kappa shape index (κ3) is 2.19. The predicted octanol–water partition coefficient (Wildman–Crippen LogP) is 1.88. The molecule has 1 aromatic rings. The number of hydrogen-bond donors (Lipinski definition) is 1. The molecule has 1 fully saturated rings. The number of β-amino-alcohol motifs (C(OH)–C–C–N with tert-alkyl or cyclic N) is 1. The maximum absolute atomic E-state index is 12.0. The molecule has 0 spiro atoms. The summed E-state index contributed by atoms with van der Waals surface area (Å²) in [5, 5.41) is 9.62. The summed E-state index contributed by atoms with van der Waals surface area (Å²) in [6, 6.07) is 5.41. The van der Waals surface area contributed by atoms with Crippen LogP contribution in [0.2, 0.25) is 5.02 Å². The molecule has 0 atom stereocenters. The molecule has 1 heterocycles. The van der Waals surface area contributed by atoms with E-state index in [2.05, 4.69) is 0 Å². The fourth-order valence-electron chi connectivity index (χ4n) is 1.59. The van der Waals surface area contributed by atoms with E-state index in [4.69, 9.17) is 16.7 Å². The molecule has 1 N–H and O–H groups in total. The van der Waals surface area contributed by atoms with E-state index < -0.39 is 0 Å². The van der Waals surface area contributed by atoms with Gasteiger partial charge in [0.05, 0.1) is 16.7 Å². The highest BCUT2D eigenvalue weighted by molar-refractivity contribution is 7.98. The van der Waals surface area contributed by atoms with Gasteiger partial charge in [-0.15, -0.1) is 11.8 Å². The SMILES string of the molecule is CSc1ccc(Cl)c(C(=O)N2CC(O)C2)c1. The zero-order chi connectivity index (χ0) is 11.7. The van der Waals surface area contributed by atoms with Crippen LogP contribution in [0.1, 0.15) is 10.4 Å². The molecule has 86 valence electrons. The van der Waals surface area contributed by atoms with E-state index >= 15 is 0 Å². The number of carbonyl (C=O) groups excluding carboxylic acids is 1. The Balaban J connectivity index is 2.22. The maximum atomic E-state index is 12.0. The molecule has 0 saturated carbocycles. The molecule has 16 heavy (non-hydrogen) atoms. The Labute approximate surface area is 103 Å². The highest BCUT2D eigenvalue weighted by Gasteiger charge is 2.30. The second-order valence-corrected chi connectivity index (χ2v) is 5.00. The van der Waals surface area contributed by atoms with Crippen molar-refractivity contribution in [1.82, 2.24) is 4.90 Å². The number of halogens is 1. The van der Waals surface area contributed by atoms with Gasteiger partial charge in [0.25, 0.3) is 5.91 Å². The first-order valence-electron chi connectivity index (χ1n) is 4.92. The standard InChI is InChI=1S/C11H12ClNO2S/c1-16-8-2-3-10(12)9(4-8)11(15)13-5-7(14)6-13/h2-4,7,14H,5-6H2,1H3. The lowest BCUT2D eigenvalue weighted by atomic mass is 10.1. The lowest BCUT2D eigenvalue weighted by molar-refractivity contribution is 0.00589. The van der Waals surface area contributed by atoms with Crippen LogP contribution in [0.15, 0.2) is 23.1 Å². The van der Waals surface area contributed by atoms with Crippen LogP contribution in [0.4, 0.5) is 0 Å². The van der Waals surface area contributed by atoms with Crippen LogP contribution in [0.5, 0.6) is 0 Å². The third-order valence-corrected chi connectivity index (χ3v) is 3.61. The second-order valence-electron chi connectivity index (χ2n) is 3.71. The number of benzene rings is 1. The van der Waals surface area contributed by atoms with Gasteiger partial charge in [0, 0.05) is 18.0 Å². The number of amides is 1. The van der Waals surface area contributed by atoms with Gasteiger partial charge in [0.1, 0.15) is 0 Å². The second kappa shape index (κ2) is 4.65. The zero-order valence-corrected chi connectivity index (χ0v) is 10.4. The molecule has 1 aliphatic rings. The van der Waals surface area contributed by atoms with E-state index in [1.807, 2.05) is 12.3 Å². The summed E-state index contributed by atoms with van der Waals surface area (Å²) >= 11 is 7.56. The minimum atomic E-state index is -0.383. The molecule has 0 radical (unpaired) electrons. The summed E-state index contributed by atoms with van der Waals surface area (Å²) in [6.07, 6.45) is 1.57. The molecule has 1 aromatic carbocycles. The number of thioether (sulfide) groups is 1. The topological polar surface area (TPSA) is 40.5 Å². The van der Waals surface area contributed by atoms with E-state index in [9.17, 15) is 4.79 Å². The van der Waals surface area contributed by atoms with Crippen molar-refractivity contribution in [3.05, 3.63) is 28.8 Å². The molecular weight excluding hydrogens is 246 g/mol. The molecule has 0 aromatic heterocycles. The van der Waals surface area contributed by atoms with Crippen molar-refractivity contribution < 1.29 is 9.90 Å². The van der Waals surface area contributed by atoms with E-state index in [-0.39, 0.29) is 12.0 Å². The van der Waals surface area contributed by atoms with Crippen LogP contribution in [-0.2, 0) is 0 Å². The summed E-state index contributed by atoms with van der Waals surface area (Å²) in [5.41, 5.74) is 0.514. The Morgan fingerprint density at radius 2 is 2.25 bits per heavy atom. The van der Waals surface area contributed by atoms with E-state index in [1.54, 1.807) is 28.8 Å². The highest BCUT2D eigenvalue weighted by atomic mass is 35.5. The molecular formula is C11H12ClNO2S. The molecule has 3 nitrogen and oxygen atoms in total. The minimum absolute atomic E-state index is 0.105. The largest absolute Gasteiger partial charge is 0.389 e. The van der Waals surface area contributed by atoms with Crippen molar-refractivity contribution in [2.75, 3.05) is 19.3 Å². The lowest BCUT2D eigenvalue weighted by Crippen LogP contribution is -2.53. The third-order valence-electron chi connectivity index (χ3n) is 2.55. The average Bonchev–Trinajstić information content (AvgIpc) is 2.25. The smallest absolute Gasteiger partial charge is 0.255 e. The van der Waals surface area contributed by atoms with Crippen LogP contribution in [-0.4, -0.2) is 41.4 Å². The average molecular weight is 258 g/mol. The summed E-state index contributed by atoms with van der Waals surface area (Å²) < 4.78 is 0. The summed E-state index contributed by atoms with van der Waals surface area (Å²) in [5.74, 6) is -0.105. The van der Waals surface area contributed by atoms with Gasteiger partial charge in [-0.05, 0) is 24.5 Å². The van der Waals surface area contributed by atoms with Crippen LogP contribution >= 0.6 is 23.4 Å². The quantitative estimate of drug-likeness (QED) is 0.823. The molecule has 1 saturated heterocycles. The van der Waals surface area contributed by atoms with Crippen LogP contribution in [0, 0.1) is 0 Å². The Bertz CT molecular complexity index is 418. The lowest BCUT2D eigenvalue weighted by Gasteiger charge is -2.36. The Kier molecular flexibility index (Phi) is 3.42. The van der Waals surface area contributed by atoms with Crippen LogP contribution in [0.3, 0.4) is 0 Å². The first-order chi connectivity index (χ1) is 7.61. The first-order valence-corrected chi connectivity index (χ1v) is 6.53. The Hall–Kier alpha value is -0.710. The molecule has 5 heteroatoms. The van der Waals surface area contributed by atoms with Crippen molar-refractivity contribution in [2.45, 2.75) is 11.0 Å². The Morgan fingerprint density at radius 3 is 2.81 bits per heavy atom. The molecule has 1 amide bonds. The van der Waals surface area contributed by atoms with Crippen molar-refractivity contribution in [3.63, 3.8) is 0 Å². The minimum Gasteiger partial charge on any atom is -0.389 e. The number of aliphatic hydroxyl groups excluding tert-OH is 1. The summed E-state index contributed by atoms with van der Waals surface area (Å²) in [7, 11) is 0. The van der Waals surface area contributed by atoms with E-state index in [0.29, 0.717) is 23.7 Å². The van der Waals surface area contributed by atoms with Crippen molar-refractivity contribution in [2.24, 2.45) is 0 Å². The number of rotatable bonds is 2. The number of aliphatic hydroxyl groups is 1. The predicted molar refractivity (Wildman–Crippen MR) is 65.1 cm³/mol. The fraction of sp³-hybridized carbons (Fsp3) is 0.364. The fourth-order valence-corrected chi connectivity index (χ4v) is 2.22. The summed E-state index contributed by atoms with van der Waals surface area (Å²) in [6.45, 7) is 0.803. The van der Waals surface area contributed by atoms with Gasteiger partial charge in [-0.2, -0.15) is 0 Å². The molecule has 0 bridgehead atoms. The van der Waals surface area contributed by atoms with Gasteiger partial charge < -0.3 is 10.0 Å². The molecule has 2 rings (SSSR count). The molecule has 0 aliphatic carbocycles. The number of hydrogen-bond acceptors (Lipinski definition) is 3.